The van der Waals surface area contributed by atoms with E-state index in [0.717, 1.165) is 19.4 Å². The normalized spacial score (nSPS) is 33.6. The first-order chi connectivity index (χ1) is 9.71. The molecule has 0 aromatic carbocycles. The molecule has 0 bridgehead atoms. The molecule has 20 heavy (non-hydrogen) atoms. The number of carbonyl (C=O) groups excluding carboxylic acids is 1. The maximum Gasteiger partial charge on any atom is 0.263 e. The monoisotopic (exact) mass is 281 g/mol. The predicted octanol–water partition coefficient (Wildman–Crippen LogP) is 1.18. The number of likely N-dealkylation sites (tertiary alicyclic amines) is 1. The lowest BCUT2D eigenvalue weighted by Gasteiger charge is -2.40. The van der Waals surface area contributed by atoms with E-state index in [2.05, 4.69) is 10.3 Å². The first kappa shape index (κ1) is 14.3. The minimum Gasteiger partial charge on any atom is -0.364 e. The maximum atomic E-state index is 11.4. The summed E-state index contributed by atoms with van der Waals surface area (Å²) in [5.41, 5.74) is 2.86. The molecule has 1 aliphatic carbocycles. The molecule has 3 N–H and O–H groups in total. The Morgan fingerprint density at radius 1 is 1.20 bits per heavy atom. The minimum atomic E-state index is -0.337. The largest absolute Gasteiger partial charge is 0.364 e. The number of carbonyl (C=O) groups is 1. The Morgan fingerprint density at radius 2 is 1.90 bits per heavy atom. The summed E-state index contributed by atoms with van der Waals surface area (Å²) in [6, 6.07) is 0. The number of ether oxygens (including phenoxy) is 1. The van der Waals surface area contributed by atoms with E-state index in [0.29, 0.717) is 5.41 Å². The van der Waals surface area contributed by atoms with Crippen LogP contribution < -0.4 is 11.3 Å². The van der Waals surface area contributed by atoms with Gasteiger partial charge in [0, 0.05) is 6.54 Å². The first-order valence-electron chi connectivity index (χ1n) is 8.09. The molecule has 2 saturated heterocycles. The summed E-state index contributed by atoms with van der Waals surface area (Å²) < 4.78 is 5.80. The average Bonchev–Trinajstić information content (AvgIpc) is 3.11. The van der Waals surface area contributed by atoms with Crippen LogP contribution >= 0.6 is 0 Å². The Kier molecular flexibility index (Phi) is 4.29. The van der Waals surface area contributed by atoms with E-state index in [1.807, 2.05) is 0 Å². The van der Waals surface area contributed by atoms with Crippen molar-refractivity contribution in [3.8, 4) is 0 Å². The summed E-state index contributed by atoms with van der Waals surface area (Å²) in [5, 5.41) is 0. The molecule has 2 aliphatic heterocycles. The van der Waals surface area contributed by atoms with Crippen LogP contribution in [-0.4, -0.2) is 42.6 Å². The zero-order valence-corrected chi connectivity index (χ0v) is 12.3. The predicted molar refractivity (Wildman–Crippen MR) is 76.8 cm³/mol. The highest BCUT2D eigenvalue weighted by molar-refractivity contribution is 5.80. The van der Waals surface area contributed by atoms with Gasteiger partial charge in [-0.15, -0.1) is 0 Å². The maximum absolute atomic E-state index is 11.4. The van der Waals surface area contributed by atoms with Crippen molar-refractivity contribution in [2.45, 2.75) is 63.6 Å². The van der Waals surface area contributed by atoms with Gasteiger partial charge in [0.1, 0.15) is 6.10 Å². The van der Waals surface area contributed by atoms with Crippen molar-refractivity contribution in [1.29, 1.82) is 0 Å². The number of piperidine rings is 1. The Morgan fingerprint density at radius 3 is 2.55 bits per heavy atom. The summed E-state index contributed by atoms with van der Waals surface area (Å²) >= 11 is 0. The Hall–Kier alpha value is -0.650. The van der Waals surface area contributed by atoms with Crippen LogP contribution in [0.3, 0.4) is 0 Å². The molecule has 0 aromatic rings. The lowest BCUT2D eigenvalue weighted by molar-refractivity contribution is -0.132. The molecule has 2 atom stereocenters. The second-order valence-electron chi connectivity index (χ2n) is 6.84. The first-order valence-corrected chi connectivity index (χ1v) is 8.09. The molecule has 0 aromatic heterocycles. The van der Waals surface area contributed by atoms with Gasteiger partial charge < -0.3 is 9.64 Å². The van der Waals surface area contributed by atoms with Crippen molar-refractivity contribution in [2.75, 3.05) is 19.6 Å². The van der Waals surface area contributed by atoms with E-state index < -0.39 is 0 Å². The number of amides is 1. The van der Waals surface area contributed by atoms with Crippen LogP contribution in [-0.2, 0) is 9.53 Å². The van der Waals surface area contributed by atoms with Crippen LogP contribution in [0.2, 0.25) is 0 Å². The number of nitrogens with two attached hydrogens (primary N) is 1. The second kappa shape index (κ2) is 6.00. The molecular formula is C15H27N3O2. The SMILES string of the molecule is NNC(=O)C1CCC(CN2CCC3(CCCC3)CC2)O1. The Labute approximate surface area is 121 Å². The minimum absolute atomic E-state index is 0.184. The molecule has 3 aliphatic rings. The van der Waals surface area contributed by atoms with Gasteiger partial charge in [0.25, 0.3) is 5.91 Å². The molecular weight excluding hydrogens is 254 g/mol. The molecule has 0 radical (unpaired) electrons. The molecule has 3 rings (SSSR count). The Bertz CT molecular complexity index is 345. The number of nitrogens with zero attached hydrogens (tertiary/aromatic N) is 1. The van der Waals surface area contributed by atoms with Crippen molar-refractivity contribution < 1.29 is 9.53 Å². The summed E-state index contributed by atoms with van der Waals surface area (Å²) in [7, 11) is 0. The highest BCUT2D eigenvalue weighted by Crippen LogP contribution is 2.46. The average molecular weight is 281 g/mol. The molecule has 3 fully saturated rings. The summed E-state index contributed by atoms with van der Waals surface area (Å²) in [6.45, 7) is 3.38. The lowest BCUT2D eigenvalue weighted by Crippen LogP contribution is -2.43. The summed E-state index contributed by atoms with van der Waals surface area (Å²) in [4.78, 5) is 14.0. The molecule has 2 unspecified atom stereocenters. The van der Waals surface area contributed by atoms with Crippen molar-refractivity contribution in [2.24, 2.45) is 11.3 Å². The number of hydrogen-bond acceptors (Lipinski definition) is 4. The van der Waals surface area contributed by atoms with Gasteiger partial charge in [-0.1, -0.05) is 12.8 Å². The van der Waals surface area contributed by atoms with E-state index in [4.69, 9.17) is 10.6 Å². The number of rotatable bonds is 3. The van der Waals surface area contributed by atoms with Crippen molar-refractivity contribution in [1.82, 2.24) is 10.3 Å². The van der Waals surface area contributed by atoms with E-state index in [-0.39, 0.29) is 18.1 Å². The topological polar surface area (TPSA) is 67.6 Å². The summed E-state index contributed by atoms with van der Waals surface area (Å²) in [5.74, 6) is 4.97. The highest BCUT2D eigenvalue weighted by Gasteiger charge is 2.38. The Balaban J connectivity index is 1.43. The van der Waals surface area contributed by atoms with Gasteiger partial charge in [-0.25, -0.2) is 5.84 Å². The fourth-order valence-corrected chi connectivity index (χ4v) is 4.25. The molecule has 5 heteroatoms. The molecule has 1 saturated carbocycles. The van der Waals surface area contributed by atoms with Crippen molar-refractivity contribution >= 4 is 5.91 Å². The van der Waals surface area contributed by atoms with Gasteiger partial charge in [-0.2, -0.15) is 0 Å². The van der Waals surface area contributed by atoms with E-state index in [1.54, 1.807) is 0 Å². The van der Waals surface area contributed by atoms with Crippen LogP contribution in [0, 0.1) is 5.41 Å². The number of nitrogens with one attached hydrogen (secondary N) is 1. The van der Waals surface area contributed by atoms with Gasteiger partial charge in [0.15, 0.2) is 0 Å². The van der Waals surface area contributed by atoms with Crippen LogP contribution in [0.1, 0.15) is 51.4 Å². The molecule has 2 heterocycles. The number of hydrogen-bond donors (Lipinski definition) is 2. The zero-order chi connectivity index (χ0) is 14.0. The fourth-order valence-electron chi connectivity index (χ4n) is 4.25. The molecule has 1 spiro atoms. The second-order valence-corrected chi connectivity index (χ2v) is 6.84. The smallest absolute Gasteiger partial charge is 0.263 e. The van der Waals surface area contributed by atoms with Gasteiger partial charge in [-0.3, -0.25) is 10.2 Å². The third-order valence-corrected chi connectivity index (χ3v) is 5.59. The highest BCUT2D eigenvalue weighted by atomic mass is 16.5. The lowest BCUT2D eigenvalue weighted by atomic mass is 9.77. The fraction of sp³-hybridized carbons (Fsp3) is 0.933. The van der Waals surface area contributed by atoms with Gasteiger partial charge in [0.05, 0.1) is 6.10 Å². The van der Waals surface area contributed by atoms with Crippen molar-refractivity contribution in [3.05, 3.63) is 0 Å². The van der Waals surface area contributed by atoms with E-state index in [1.165, 1.54) is 51.6 Å². The van der Waals surface area contributed by atoms with Crippen molar-refractivity contribution in [3.63, 3.8) is 0 Å². The van der Waals surface area contributed by atoms with Crippen LogP contribution in [0.15, 0.2) is 0 Å². The third kappa shape index (κ3) is 3.00. The zero-order valence-electron chi connectivity index (χ0n) is 12.3. The van der Waals surface area contributed by atoms with Crippen LogP contribution in [0.25, 0.3) is 0 Å². The van der Waals surface area contributed by atoms with Gasteiger partial charge >= 0.3 is 0 Å². The molecule has 1 amide bonds. The molecule has 114 valence electrons. The summed E-state index contributed by atoms with van der Waals surface area (Å²) in [6.07, 6.45) is 10.1. The third-order valence-electron chi connectivity index (χ3n) is 5.59. The van der Waals surface area contributed by atoms with Crippen LogP contribution in [0.5, 0.6) is 0 Å². The quantitative estimate of drug-likeness (QED) is 0.463. The standard InChI is InChI=1S/C15H27N3O2/c16-17-14(19)13-4-3-12(20-13)11-18-9-7-15(8-10-18)5-1-2-6-15/h12-13H,1-11,16H2,(H,17,19). The van der Waals surface area contributed by atoms with E-state index >= 15 is 0 Å². The number of hydrazine groups is 1. The van der Waals surface area contributed by atoms with Gasteiger partial charge in [0.2, 0.25) is 0 Å². The van der Waals surface area contributed by atoms with E-state index in [9.17, 15) is 4.79 Å². The van der Waals surface area contributed by atoms with Gasteiger partial charge in [-0.05, 0) is 57.0 Å². The molecule has 5 nitrogen and oxygen atoms in total. The van der Waals surface area contributed by atoms with Crippen LogP contribution in [0.4, 0.5) is 0 Å².